The molecule has 0 radical (unpaired) electrons. The van der Waals surface area contributed by atoms with E-state index in [4.69, 9.17) is 38.0 Å². The van der Waals surface area contributed by atoms with Crippen LogP contribution in [0.4, 0.5) is 0 Å². The van der Waals surface area contributed by atoms with Gasteiger partial charge in [0.25, 0.3) is 0 Å². The molecule has 0 saturated heterocycles. The van der Waals surface area contributed by atoms with Crippen molar-refractivity contribution < 1.29 is 14.2 Å². The third-order valence-corrected chi connectivity index (χ3v) is 5.03. The van der Waals surface area contributed by atoms with Crippen LogP contribution < -0.4 is 14.2 Å². The van der Waals surface area contributed by atoms with Gasteiger partial charge < -0.3 is 14.2 Å². The van der Waals surface area contributed by atoms with Gasteiger partial charge in [0.2, 0.25) is 6.79 Å². The first kappa shape index (κ1) is 15.7. The fraction of sp³-hybridized carbons (Fsp3) is 0.316. The highest BCUT2D eigenvalue weighted by Crippen LogP contribution is 2.45. The molecule has 2 aliphatic rings. The Labute approximate surface area is 151 Å². The molecule has 24 heavy (non-hydrogen) atoms. The average molecular weight is 361 g/mol. The van der Waals surface area contributed by atoms with Crippen molar-refractivity contribution in [1.82, 2.24) is 0 Å². The predicted molar refractivity (Wildman–Crippen MR) is 97.9 cm³/mol. The number of hydrogen-bond acceptors (Lipinski definition) is 4. The lowest BCUT2D eigenvalue weighted by molar-refractivity contribution is 0.174. The zero-order valence-electron chi connectivity index (χ0n) is 13.3. The normalized spacial score (nSPS) is 18.4. The maximum absolute atomic E-state index is 6.15. The van der Waals surface area contributed by atoms with E-state index in [1.54, 1.807) is 0 Å². The molecule has 124 valence electrons. The number of fused-ring (bicyclic) bond motifs is 2. The molecule has 2 aromatic rings. The molecule has 0 fully saturated rings. The van der Waals surface area contributed by atoms with Crippen LogP contribution in [0.25, 0.3) is 0 Å². The van der Waals surface area contributed by atoms with E-state index in [0.717, 1.165) is 40.5 Å². The van der Waals surface area contributed by atoms with E-state index in [2.05, 4.69) is 12.1 Å². The van der Waals surface area contributed by atoms with Crippen LogP contribution >= 0.6 is 23.8 Å². The molecular weight excluding hydrogens is 344 g/mol. The first-order valence-corrected chi connectivity index (χ1v) is 8.80. The quantitative estimate of drug-likeness (QED) is 0.726. The fourth-order valence-electron chi connectivity index (χ4n) is 3.45. The number of halogens is 1. The highest BCUT2D eigenvalue weighted by atomic mass is 35.5. The van der Waals surface area contributed by atoms with Crippen molar-refractivity contribution in [2.75, 3.05) is 13.4 Å². The Kier molecular flexibility index (Phi) is 4.10. The highest BCUT2D eigenvalue weighted by molar-refractivity contribution is 7.80. The maximum Gasteiger partial charge on any atom is 0.231 e. The minimum Gasteiger partial charge on any atom is -0.494 e. The summed E-state index contributed by atoms with van der Waals surface area (Å²) < 4.78 is 16.9. The molecular formula is C19H17ClO3S. The summed E-state index contributed by atoms with van der Waals surface area (Å²) in [7, 11) is 0. The van der Waals surface area contributed by atoms with Crippen molar-refractivity contribution in [1.29, 1.82) is 0 Å². The van der Waals surface area contributed by atoms with E-state index in [1.165, 1.54) is 11.1 Å². The first-order valence-electron chi connectivity index (χ1n) is 8.02. The van der Waals surface area contributed by atoms with Gasteiger partial charge in [0.15, 0.2) is 11.5 Å². The van der Waals surface area contributed by atoms with Gasteiger partial charge in [0.05, 0.1) is 6.61 Å². The smallest absolute Gasteiger partial charge is 0.231 e. The minimum absolute atomic E-state index is 0.148. The van der Waals surface area contributed by atoms with Crippen LogP contribution in [-0.2, 0) is 6.42 Å². The summed E-state index contributed by atoms with van der Waals surface area (Å²) in [5.41, 5.74) is 3.55. The first-order chi connectivity index (χ1) is 11.7. The zero-order valence-corrected chi connectivity index (χ0v) is 14.9. The van der Waals surface area contributed by atoms with E-state index < -0.39 is 0 Å². The summed E-state index contributed by atoms with van der Waals surface area (Å²) in [6, 6.07) is 9.98. The number of rotatable bonds is 3. The number of ether oxygens (including phenoxy) is 3. The van der Waals surface area contributed by atoms with Crippen molar-refractivity contribution in [2.45, 2.75) is 25.7 Å². The van der Waals surface area contributed by atoms with E-state index in [-0.39, 0.29) is 12.7 Å². The van der Waals surface area contributed by atoms with Crippen LogP contribution in [0.1, 0.15) is 36.0 Å². The van der Waals surface area contributed by atoms with Crippen LogP contribution in [0.15, 0.2) is 30.3 Å². The van der Waals surface area contributed by atoms with Gasteiger partial charge in [-0.15, -0.1) is 0 Å². The number of benzene rings is 2. The lowest BCUT2D eigenvalue weighted by Gasteiger charge is -2.28. The largest absolute Gasteiger partial charge is 0.494 e. The highest BCUT2D eigenvalue weighted by Gasteiger charge is 2.30. The lowest BCUT2D eigenvalue weighted by atomic mass is 9.78. The summed E-state index contributed by atoms with van der Waals surface area (Å²) in [4.78, 5) is 1.05. The van der Waals surface area contributed by atoms with Crippen LogP contribution in [-0.4, -0.2) is 18.3 Å². The molecule has 1 unspecified atom stereocenters. The molecule has 1 aliphatic heterocycles. The summed E-state index contributed by atoms with van der Waals surface area (Å²) in [6.45, 7) is 2.85. The molecule has 0 spiro atoms. The Bertz CT molecular complexity index is 818. The monoisotopic (exact) mass is 360 g/mol. The third-order valence-electron chi connectivity index (χ3n) is 4.48. The van der Waals surface area contributed by atoms with E-state index >= 15 is 0 Å². The summed E-state index contributed by atoms with van der Waals surface area (Å²) in [5, 5.41) is 0.673. The average Bonchev–Trinajstić information content (AvgIpc) is 3.00. The Morgan fingerprint density at radius 1 is 1.17 bits per heavy atom. The van der Waals surface area contributed by atoms with Crippen molar-refractivity contribution in [3.63, 3.8) is 0 Å². The molecule has 1 atom stereocenters. The molecule has 0 aromatic heterocycles. The molecule has 0 amide bonds. The molecule has 0 bridgehead atoms. The van der Waals surface area contributed by atoms with Crippen molar-refractivity contribution in [3.05, 3.63) is 52.0 Å². The van der Waals surface area contributed by atoms with Gasteiger partial charge in [0, 0.05) is 22.9 Å². The molecule has 0 saturated carbocycles. The number of hydrogen-bond donors (Lipinski definition) is 0. The number of thiocarbonyl (C=S) groups is 1. The van der Waals surface area contributed by atoms with E-state index in [1.807, 2.05) is 25.1 Å². The minimum atomic E-state index is 0.148. The van der Waals surface area contributed by atoms with Crippen molar-refractivity contribution in [2.24, 2.45) is 0 Å². The topological polar surface area (TPSA) is 27.7 Å². The molecule has 2 aromatic carbocycles. The van der Waals surface area contributed by atoms with Crippen molar-refractivity contribution >= 4 is 28.7 Å². The van der Waals surface area contributed by atoms with Gasteiger partial charge in [-0.05, 0) is 53.6 Å². The Morgan fingerprint density at radius 3 is 2.75 bits per heavy atom. The van der Waals surface area contributed by atoms with Gasteiger partial charge in [-0.2, -0.15) is 0 Å². The second kappa shape index (κ2) is 6.26. The van der Waals surface area contributed by atoms with E-state index in [0.29, 0.717) is 11.6 Å². The summed E-state index contributed by atoms with van der Waals surface area (Å²) in [5.74, 6) is 2.58. The summed E-state index contributed by atoms with van der Waals surface area (Å²) >= 11 is 11.7. The van der Waals surface area contributed by atoms with Crippen LogP contribution in [0, 0.1) is 0 Å². The molecule has 1 aliphatic carbocycles. The molecule has 3 nitrogen and oxygen atoms in total. The molecule has 4 rings (SSSR count). The second-order valence-electron chi connectivity index (χ2n) is 5.99. The van der Waals surface area contributed by atoms with Gasteiger partial charge in [-0.3, -0.25) is 0 Å². The summed E-state index contributed by atoms with van der Waals surface area (Å²) in [6.07, 6.45) is 1.62. The zero-order chi connectivity index (χ0) is 16.7. The predicted octanol–water partition coefficient (Wildman–Crippen LogP) is 4.92. The van der Waals surface area contributed by atoms with Gasteiger partial charge in [-0.25, -0.2) is 0 Å². The van der Waals surface area contributed by atoms with Gasteiger partial charge >= 0.3 is 0 Å². The van der Waals surface area contributed by atoms with Gasteiger partial charge in [-0.1, -0.05) is 29.9 Å². The molecule has 5 heteroatoms. The molecule has 0 N–H and O–H groups in total. The SMILES string of the molecule is CCOc1cc(Cl)ccc1C1CC(=S)Cc2cc3c(cc21)OCO3. The van der Waals surface area contributed by atoms with Gasteiger partial charge in [0.1, 0.15) is 5.75 Å². The van der Waals surface area contributed by atoms with Crippen LogP contribution in [0.5, 0.6) is 17.2 Å². The Hall–Kier alpha value is -1.78. The maximum atomic E-state index is 6.15. The van der Waals surface area contributed by atoms with Crippen LogP contribution in [0.3, 0.4) is 0 Å². The van der Waals surface area contributed by atoms with Crippen molar-refractivity contribution in [3.8, 4) is 17.2 Å². The van der Waals surface area contributed by atoms with E-state index in [9.17, 15) is 0 Å². The standard InChI is InChI=1S/C19H17ClO3S/c1-2-21-17-7-12(20)3-4-14(17)16-8-13(24)5-11-6-18-19(9-15(11)16)23-10-22-18/h3-4,6-7,9,16H,2,5,8,10H2,1H3. The lowest BCUT2D eigenvalue weighted by Crippen LogP contribution is -2.18. The van der Waals surface area contributed by atoms with Crippen LogP contribution in [0.2, 0.25) is 5.02 Å². The fourth-order valence-corrected chi connectivity index (χ4v) is 3.94. The molecule has 1 heterocycles. The third kappa shape index (κ3) is 2.74. The Morgan fingerprint density at radius 2 is 1.96 bits per heavy atom. The second-order valence-corrected chi connectivity index (χ2v) is 7.01. The Balaban J connectivity index is 1.84.